The number of sulfonamides is 1. The third-order valence-electron chi connectivity index (χ3n) is 3.82. The number of nitrogens with zero attached hydrogens (tertiary/aromatic N) is 1. The summed E-state index contributed by atoms with van der Waals surface area (Å²) in [5.41, 5.74) is 0.444. The SMILES string of the molecule is CS(=O)(=O)NC1CCC(NC[C@H](O)c2cncc(F)c2)CC1. The summed E-state index contributed by atoms with van der Waals surface area (Å²) >= 11 is 0. The average molecular weight is 331 g/mol. The minimum atomic E-state index is -3.16. The second kappa shape index (κ2) is 7.45. The number of halogens is 1. The highest BCUT2D eigenvalue weighted by Gasteiger charge is 2.23. The molecule has 0 aliphatic heterocycles. The molecule has 8 heteroatoms. The van der Waals surface area contributed by atoms with Gasteiger partial charge in [-0.05, 0) is 31.7 Å². The van der Waals surface area contributed by atoms with E-state index in [1.165, 1.54) is 18.5 Å². The Hall–Kier alpha value is -1.09. The van der Waals surface area contributed by atoms with Crippen molar-refractivity contribution < 1.29 is 17.9 Å². The molecule has 1 heterocycles. The summed E-state index contributed by atoms with van der Waals surface area (Å²) < 4.78 is 38.0. The van der Waals surface area contributed by atoms with Crippen molar-refractivity contribution in [1.29, 1.82) is 0 Å². The first-order valence-electron chi connectivity index (χ1n) is 7.32. The van der Waals surface area contributed by atoms with E-state index in [0.29, 0.717) is 12.1 Å². The number of hydrogen-bond acceptors (Lipinski definition) is 5. The summed E-state index contributed by atoms with van der Waals surface area (Å²) in [6.45, 7) is 0.319. The number of hydrogen-bond donors (Lipinski definition) is 3. The van der Waals surface area contributed by atoms with Gasteiger partial charge in [0.05, 0.1) is 18.6 Å². The summed E-state index contributed by atoms with van der Waals surface area (Å²) in [5, 5.41) is 13.3. The van der Waals surface area contributed by atoms with Crippen LogP contribution in [-0.2, 0) is 10.0 Å². The standard InChI is InChI=1S/C14H22FN3O3S/c1-22(20,21)18-13-4-2-12(3-5-13)17-9-14(19)10-6-11(15)8-16-7-10/h6-8,12-14,17-19H,2-5,9H2,1H3/t12?,13?,14-/m0/s1. The van der Waals surface area contributed by atoms with Gasteiger partial charge in [-0.3, -0.25) is 4.98 Å². The van der Waals surface area contributed by atoms with Crippen LogP contribution in [0.5, 0.6) is 0 Å². The summed E-state index contributed by atoms with van der Waals surface area (Å²) in [6, 6.07) is 1.49. The quantitative estimate of drug-likeness (QED) is 0.714. The Morgan fingerprint density at radius 2 is 1.95 bits per heavy atom. The average Bonchev–Trinajstić information content (AvgIpc) is 2.44. The van der Waals surface area contributed by atoms with Crippen molar-refractivity contribution in [3.05, 3.63) is 29.8 Å². The second-order valence-corrected chi connectivity index (χ2v) is 7.58. The molecule has 6 nitrogen and oxygen atoms in total. The number of pyridine rings is 1. The van der Waals surface area contributed by atoms with Gasteiger partial charge in [0.15, 0.2) is 0 Å². The second-order valence-electron chi connectivity index (χ2n) is 5.80. The van der Waals surface area contributed by atoms with Crippen LogP contribution in [0.15, 0.2) is 18.5 Å². The molecule has 0 radical (unpaired) electrons. The van der Waals surface area contributed by atoms with Gasteiger partial charge in [0.2, 0.25) is 10.0 Å². The molecule has 1 aliphatic carbocycles. The molecule has 0 amide bonds. The van der Waals surface area contributed by atoms with Crippen LogP contribution in [0.1, 0.15) is 37.4 Å². The maximum absolute atomic E-state index is 13.1. The normalized spacial score (nSPS) is 24.1. The van der Waals surface area contributed by atoms with Crippen molar-refractivity contribution in [2.45, 2.75) is 43.9 Å². The number of nitrogens with one attached hydrogen (secondary N) is 2. The molecule has 3 N–H and O–H groups in total. The van der Waals surface area contributed by atoms with Gasteiger partial charge in [0.1, 0.15) is 5.82 Å². The largest absolute Gasteiger partial charge is 0.387 e. The van der Waals surface area contributed by atoms with Crippen molar-refractivity contribution in [2.75, 3.05) is 12.8 Å². The highest BCUT2D eigenvalue weighted by atomic mass is 32.2. The lowest BCUT2D eigenvalue weighted by molar-refractivity contribution is 0.163. The van der Waals surface area contributed by atoms with Gasteiger partial charge in [-0.2, -0.15) is 0 Å². The molecule has 124 valence electrons. The molecular weight excluding hydrogens is 309 g/mol. The Morgan fingerprint density at radius 1 is 1.32 bits per heavy atom. The monoisotopic (exact) mass is 331 g/mol. The number of aliphatic hydroxyl groups excluding tert-OH is 1. The van der Waals surface area contributed by atoms with E-state index in [9.17, 15) is 17.9 Å². The summed E-state index contributed by atoms with van der Waals surface area (Å²) in [7, 11) is -3.16. The summed E-state index contributed by atoms with van der Waals surface area (Å²) in [6.07, 6.45) is 6.10. The first kappa shape index (κ1) is 17.3. The molecule has 0 unspecified atom stereocenters. The highest BCUT2D eigenvalue weighted by molar-refractivity contribution is 7.88. The van der Waals surface area contributed by atoms with Gasteiger partial charge < -0.3 is 10.4 Å². The highest BCUT2D eigenvalue weighted by Crippen LogP contribution is 2.20. The molecule has 1 atom stereocenters. The van der Waals surface area contributed by atoms with E-state index in [4.69, 9.17) is 0 Å². The number of rotatable bonds is 6. The first-order valence-corrected chi connectivity index (χ1v) is 9.22. The van der Waals surface area contributed by atoms with Crippen LogP contribution in [0, 0.1) is 5.82 Å². The van der Waals surface area contributed by atoms with E-state index in [0.717, 1.165) is 31.9 Å². The molecule has 22 heavy (non-hydrogen) atoms. The van der Waals surface area contributed by atoms with Crippen LogP contribution in [0.3, 0.4) is 0 Å². The Morgan fingerprint density at radius 3 is 2.55 bits per heavy atom. The smallest absolute Gasteiger partial charge is 0.208 e. The topological polar surface area (TPSA) is 91.3 Å². The minimum absolute atomic E-state index is 0.00890. The Bertz CT molecular complexity index is 589. The first-order chi connectivity index (χ1) is 10.3. The van der Waals surface area contributed by atoms with Gasteiger partial charge in [-0.1, -0.05) is 0 Å². The zero-order valence-corrected chi connectivity index (χ0v) is 13.3. The van der Waals surface area contributed by atoms with Crippen LogP contribution in [0.25, 0.3) is 0 Å². The lowest BCUT2D eigenvalue weighted by Gasteiger charge is -2.29. The lowest BCUT2D eigenvalue weighted by atomic mass is 9.91. The minimum Gasteiger partial charge on any atom is -0.387 e. The fourth-order valence-corrected chi connectivity index (χ4v) is 3.57. The molecular formula is C14H22FN3O3S. The summed E-state index contributed by atoms with van der Waals surface area (Å²) in [4.78, 5) is 3.72. The van der Waals surface area contributed by atoms with E-state index < -0.39 is 21.9 Å². The lowest BCUT2D eigenvalue weighted by Crippen LogP contribution is -2.42. The number of aliphatic hydroxyl groups is 1. The zero-order valence-electron chi connectivity index (χ0n) is 12.5. The van der Waals surface area contributed by atoms with Crippen LogP contribution in [-0.4, -0.2) is 43.4 Å². The van der Waals surface area contributed by atoms with Gasteiger partial charge in [-0.15, -0.1) is 0 Å². The Kier molecular flexibility index (Phi) is 5.85. The van der Waals surface area contributed by atoms with E-state index in [-0.39, 0.29) is 12.1 Å². The van der Waals surface area contributed by atoms with Gasteiger partial charge in [0.25, 0.3) is 0 Å². The predicted molar refractivity (Wildman–Crippen MR) is 81.2 cm³/mol. The maximum atomic E-state index is 13.1. The van der Waals surface area contributed by atoms with Crippen molar-refractivity contribution >= 4 is 10.0 Å². The van der Waals surface area contributed by atoms with Crippen molar-refractivity contribution in [3.63, 3.8) is 0 Å². The Balaban J connectivity index is 1.75. The van der Waals surface area contributed by atoms with Gasteiger partial charge >= 0.3 is 0 Å². The maximum Gasteiger partial charge on any atom is 0.208 e. The van der Waals surface area contributed by atoms with Crippen molar-refractivity contribution in [2.24, 2.45) is 0 Å². The molecule has 1 aromatic heterocycles. The fourth-order valence-electron chi connectivity index (χ4n) is 2.72. The molecule has 0 saturated heterocycles. The molecule has 1 saturated carbocycles. The molecule has 2 rings (SSSR count). The van der Waals surface area contributed by atoms with Crippen molar-refractivity contribution in [1.82, 2.24) is 15.0 Å². The van der Waals surface area contributed by atoms with E-state index in [1.54, 1.807) is 0 Å². The van der Waals surface area contributed by atoms with Gasteiger partial charge in [0, 0.05) is 30.4 Å². The number of aromatic nitrogens is 1. The third-order valence-corrected chi connectivity index (χ3v) is 4.58. The fraction of sp³-hybridized carbons (Fsp3) is 0.643. The zero-order chi connectivity index (χ0) is 16.2. The molecule has 0 bridgehead atoms. The Labute approximate surface area is 130 Å². The van der Waals surface area contributed by atoms with E-state index in [1.807, 2.05) is 0 Å². The van der Waals surface area contributed by atoms with E-state index >= 15 is 0 Å². The molecule has 0 aromatic carbocycles. The molecule has 1 fully saturated rings. The third kappa shape index (κ3) is 5.60. The van der Waals surface area contributed by atoms with Gasteiger partial charge in [-0.25, -0.2) is 17.5 Å². The van der Waals surface area contributed by atoms with Crippen LogP contribution < -0.4 is 10.0 Å². The van der Waals surface area contributed by atoms with Crippen molar-refractivity contribution in [3.8, 4) is 0 Å². The van der Waals surface area contributed by atoms with E-state index in [2.05, 4.69) is 15.0 Å². The predicted octanol–water partition coefficient (Wildman–Crippen LogP) is 0.704. The van der Waals surface area contributed by atoms with Crippen LogP contribution in [0.4, 0.5) is 4.39 Å². The summed E-state index contributed by atoms with van der Waals surface area (Å²) in [5.74, 6) is -0.469. The molecule has 0 spiro atoms. The molecule has 1 aliphatic rings. The van der Waals surface area contributed by atoms with Crippen LogP contribution in [0.2, 0.25) is 0 Å². The van der Waals surface area contributed by atoms with Crippen LogP contribution >= 0.6 is 0 Å². The molecule has 1 aromatic rings.